The average Bonchev–Trinajstić information content (AvgIpc) is 2.38. The molecule has 1 aromatic rings. The first-order valence-electron chi connectivity index (χ1n) is 5.98. The maximum atomic E-state index is 11.7. The summed E-state index contributed by atoms with van der Waals surface area (Å²) in [6, 6.07) is 5.03. The molecule has 1 unspecified atom stereocenters. The van der Waals surface area contributed by atoms with Gasteiger partial charge in [0, 0.05) is 12.1 Å². The van der Waals surface area contributed by atoms with E-state index in [0.717, 1.165) is 0 Å². The molecule has 0 aromatic heterocycles. The first-order valence-corrected chi connectivity index (χ1v) is 5.98. The molecule has 0 aliphatic rings. The minimum Gasteiger partial charge on any atom is -0.450 e. The second-order valence-electron chi connectivity index (χ2n) is 4.41. The Bertz CT molecular complexity index is 508. The second kappa shape index (κ2) is 6.65. The van der Waals surface area contributed by atoms with Crippen LogP contribution < -0.4 is 4.74 Å². The molecule has 0 amide bonds. The van der Waals surface area contributed by atoms with Crippen molar-refractivity contribution < 1.29 is 24.0 Å². The summed E-state index contributed by atoms with van der Waals surface area (Å²) in [6.07, 6.45) is -1.04. The van der Waals surface area contributed by atoms with Crippen LogP contribution in [-0.4, -0.2) is 23.0 Å². The van der Waals surface area contributed by atoms with Crippen LogP contribution in [0.5, 0.6) is 5.75 Å². The lowest BCUT2D eigenvalue weighted by Crippen LogP contribution is -2.29. The number of nitrogens with zero attached hydrogens (tertiary/aromatic N) is 1. The molecule has 1 atom stereocenters. The highest BCUT2D eigenvalue weighted by Gasteiger charge is 2.21. The zero-order chi connectivity index (χ0) is 15.3. The highest BCUT2D eigenvalue weighted by Crippen LogP contribution is 2.18. The minimum absolute atomic E-state index is 0.107. The molecule has 0 aliphatic carbocycles. The van der Waals surface area contributed by atoms with Crippen molar-refractivity contribution in [1.29, 1.82) is 0 Å². The molecule has 1 rings (SSSR count). The standard InChI is InChI=1S/C13H15NO6/c1-8(2)12(15)19-9(3)13(16)20-11-6-4-10(5-7-11)14(17)18/h4-9H,1-3H3. The van der Waals surface area contributed by atoms with Gasteiger partial charge < -0.3 is 9.47 Å². The van der Waals surface area contributed by atoms with Crippen LogP contribution in [0.4, 0.5) is 5.69 Å². The van der Waals surface area contributed by atoms with Crippen LogP contribution in [0.3, 0.4) is 0 Å². The van der Waals surface area contributed by atoms with Gasteiger partial charge in [0.25, 0.3) is 5.69 Å². The normalized spacial score (nSPS) is 11.8. The predicted molar refractivity (Wildman–Crippen MR) is 69.1 cm³/mol. The van der Waals surface area contributed by atoms with Crippen molar-refractivity contribution in [2.45, 2.75) is 26.9 Å². The summed E-state index contributed by atoms with van der Waals surface area (Å²) in [6.45, 7) is 4.70. The van der Waals surface area contributed by atoms with Gasteiger partial charge in [-0.25, -0.2) is 4.79 Å². The maximum Gasteiger partial charge on any atom is 0.352 e. The molecular weight excluding hydrogens is 266 g/mol. The van der Waals surface area contributed by atoms with Crippen molar-refractivity contribution in [3.8, 4) is 5.75 Å². The Labute approximate surface area is 115 Å². The van der Waals surface area contributed by atoms with Gasteiger partial charge in [-0.15, -0.1) is 0 Å². The predicted octanol–water partition coefficient (Wildman–Crippen LogP) is 2.09. The zero-order valence-electron chi connectivity index (χ0n) is 11.4. The number of esters is 2. The molecule has 0 radical (unpaired) electrons. The fourth-order valence-electron chi connectivity index (χ4n) is 1.19. The fraction of sp³-hybridized carbons (Fsp3) is 0.385. The number of carbonyl (C=O) groups is 2. The minimum atomic E-state index is -1.04. The number of nitro benzene ring substituents is 1. The summed E-state index contributed by atoms with van der Waals surface area (Å²) in [4.78, 5) is 32.9. The molecule has 0 fully saturated rings. The summed E-state index contributed by atoms with van der Waals surface area (Å²) < 4.78 is 9.84. The number of nitro groups is 1. The van der Waals surface area contributed by atoms with Crippen LogP contribution in [0.1, 0.15) is 20.8 Å². The van der Waals surface area contributed by atoms with Crippen LogP contribution >= 0.6 is 0 Å². The number of hydrogen-bond donors (Lipinski definition) is 0. The molecule has 0 spiro atoms. The fourth-order valence-corrected chi connectivity index (χ4v) is 1.19. The summed E-state index contributed by atoms with van der Waals surface area (Å²) in [5, 5.41) is 10.5. The van der Waals surface area contributed by atoms with Crippen LogP contribution in [0.2, 0.25) is 0 Å². The molecule has 0 saturated heterocycles. The average molecular weight is 281 g/mol. The third kappa shape index (κ3) is 4.34. The van der Waals surface area contributed by atoms with E-state index in [9.17, 15) is 19.7 Å². The Hall–Kier alpha value is -2.44. The molecule has 0 saturated carbocycles. The van der Waals surface area contributed by atoms with Crippen LogP contribution in [0, 0.1) is 16.0 Å². The number of carbonyl (C=O) groups excluding carboxylic acids is 2. The molecule has 0 heterocycles. The van der Waals surface area contributed by atoms with E-state index in [2.05, 4.69) is 0 Å². The first-order chi connectivity index (χ1) is 9.31. The van der Waals surface area contributed by atoms with Gasteiger partial charge in [-0.05, 0) is 19.1 Å². The van der Waals surface area contributed by atoms with E-state index in [1.54, 1.807) is 13.8 Å². The molecule has 0 bridgehead atoms. The number of benzene rings is 1. The Morgan fingerprint density at radius 2 is 1.65 bits per heavy atom. The SMILES string of the molecule is CC(C)C(=O)OC(C)C(=O)Oc1ccc([N+](=O)[O-])cc1. The van der Waals surface area contributed by atoms with Gasteiger partial charge in [-0.1, -0.05) is 13.8 Å². The monoisotopic (exact) mass is 281 g/mol. The van der Waals surface area contributed by atoms with Gasteiger partial charge in [-0.2, -0.15) is 0 Å². The summed E-state index contributed by atoms with van der Waals surface area (Å²) >= 11 is 0. The van der Waals surface area contributed by atoms with E-state index >= 15 is 0 Å². The first kappa shape index (κ1) is 15.6. The Morgan fingerprint density at radius 1 is 1.10 bits per heavy atom. The Kier molecular flexibility index (Phi) is 5.19. The van der Waals surface area contributed by atoms with Crippen molar-refractivity contribution in [2.24, 2.45) is 5.92 Å². The van der Waals surface area contributed by atoms with Crippen LogP contribution in [0.25, 0.3) is 0 Å². The third-order valence-electron chi connectivity index (χ3n) is 2.36. The van der Waals surface area contributed by atoms with Crippen LogP contribution in [0.15, 0.2) is 24.3 Å². The molecule has 7 nitrogen and oxygen atoms in total. The number of non-ortho nitro benzene ring substituents is 1. The topological polar surface area (TPSA) is 95.7 Å². The lowest BCUT2D eigenvalue weighted by atomic mass is 10.2. The molecular formula is C13H15NO6. The van der Waals surface area contributed by atoms with Gasteiger partial charge in [0.2, 0.25) is 0 Å². The number of rotatable bonds is 5. The highest BCUT2D eigenvalue weighted by molar-refractivity contribution is 5.81. The van der Waals surface area contributed by atoms with E-state index in [1.807, 2.05) is 0 Å². The largest absolute Gasteiger partial charge is 0.450 e. The van der Waals surface area contributed by atoms with E-state index in [-0.39, 0.29) is 17.4 Å². The van der Waals surface area contributed by atoms with Crippen molar-refractivity contribution in [2.75, 3.05) is 0 Å². The van der Waals surface area contributed by atoms with Crippen LogP contribution in [-0.2, 0) is 14.3 Å². The molecule has 0 N–H and O–H groups in total. The second-order valence-corrected chi connectivity index (χ2v) is 4.41. The molecule has 7 heteroatoms. The lowest BCUT2D eigenvalue weighted by Gasteiger charge is -2.13. The molecule has 20 heavy (non-hydrogen) atoms. The molecule has 108 valence electrons. The van der Waals surface area contributed by atoms with Crippen molar-refractivity contribution in [3.05, 3.63) is 34.4 Å². The quantitative estimate of drug-likeness (QED) is 0.355. The summed E-state index contributed by atoms with van der Waals surface area (Å²) in [5.74, 6) is -1.44. The number of ether oxygens (including phenoxy) is 2. The Morgan fingerprint density at radius 3 is 2.10 bits per heavy atom. The van der Waals surface area contributed by atoms with Crippen molar-refractivity contribution in [3.63, 3.8) is 0 Å². The highest BCUT2D eigenvalue weighted by atomic mass is 16.6. The third-order valence-corrected chi connectivity index (χ3v) is 2.36. The van der Waals surface area contributed by atoms with Crippen molar-refractivity contribution in [1.82, 2.24) is 0 Å². The lowest BCUT2D eigenvalue weighted by molar-refractivity contribution is -0.384. The van der Waals surface area contributed by atoms with Gasteiger partial charge in [-0.3, -0.25) is 14.9 Å². The van der Waals surface area contributed by atoms with Gasteiger partial charge in [0.15, 0.2) is 6.10 Å². The maximum absolute atomic E-state index is 11.7. The zero-order valence-corrected chi connectivity index (χ0v) is 11.4. The summed E-state index contributed by atoms with van der Waals surface area (Å²) in [7, 11) is 0. The van der Waals surface area contributed by atoms with E-state index in [4.69, 9.17) is 9.47 Å². The van der Waals surface area contributed by atoms with Gasteiger partial charge >= 0.3 is 11.9 Å². The van der Waals surface area contributed by atoms with E-state index in [0.29, 0.717) is 0 Å². The van der Waals surface area contributed by atoms with Gasteiger partial charge in [0.05, 0.1) is 10.8 Å². The summed E-state index contributed by atoms with van der Waals surface area (Å²) in [5.41, 5.74) is -0.107. The number of hydrogen-bond acceptors (Lipinski definition) is 6. The van der Waals surface area contributed by atoms with Gasteiger partial charge in [0.1, 0.15) is 5.75 Å². The van der Waals surface area contributed by atoms with E-state index in [1.165, 1.54) is 31.2 Å². The molecule has 1 aromatic carbocycles. The Balaban J connectivity index is 2.61. The molecule has 0 aliphatic heterocycles. The smallest absolute Gasteiger partial charge is 0.352 e. The van der Waals surface area contributed by atoms with E-state index < -0.39 is 23.0 Å². The van der Waals surface area contributed by atoms with Crippen molar-refractivity contribution >= 4 is 17.6 Å².